The van der Waals surface area contributed by atoms with Crippen LogP contribution in [0.25, 0.3) is 0 Å². The van der Waals surface area contributed by atoms with Gasteiger partial charge in [-0.05, 0) is 70.7 Å². The topological polar surface area (TPSA) is 43.3 Å². The lowest BCUT2D eigenvalue weighted by atomic mass is 10.3. The number of nitrogens with one attached hydrogen (secondary N) is 1. The van der Waals surface area contributed by atoms with Gasteiger partial charge >= 0.3 is 0 Å². The summed E-state index contributed by atoms with van der Waals surface area (Å²) >= 11 is 5.90. The predicted molar refractivity (Wildman–Crippen MR) is 119 cm³/mol. The molecule has 7 heteroatoms. The van der Waals surface area contributed by atoms with E-state index in [1.54, 1.807) is 0 Å². The average Bonchev–Trinajstić information content (AvgIpc) is 2.90. The number of likely N-dealkylation sites (N-methyl/N-ethyl adjacent to an activating group) is 2. The van der Waals surface area contributed by atoms with Crippen molar-refractivity contribution in [3.63, 3.8) is 0 Å². The molecule has 1 aromatic carbocycles. The molecular weight excluding hydrogens is 374 g/mol. The molecule has 0 unspecified atom stereocenters. The molecule has 0 saturated carbocycles. The molecule has 1 aliphatic rings. The molecule has 158 valence electrons. The number of halogens is 1. The van der Waals surface area contributed by atoms with E-state index in [1.165, 1.54) is 32.6 Å². The Morgan fingerprint density at radius 1 is 1.21 bits per heavy atom. The molecule has 1 aliphatic heterocycles. The zero-order valence-electron chi connectivity index (χ0n) is 17.7. The third kappa shape index (κ3) is 8.67. The third-order valence-electron chi connectivity index (χ3n) is 4.91. The average molecular weight is 410 g/mol. The van der Waals surface area contributed by atoms with Crippen molar-refractivity contribution in [3.05, 3.63) is 29.3 Å². The Hall–Kier alpha value is -1.50. The van der Waals surface area contributed by atoms with Gasteiger partial charge in [-0.2, -0.15) is 0 Å². The molecular formula is C21H36ClN5O. The standard InChI is InChI=1S/C21H36ClN5O/c1-4-23-21(24-11-5-13-27-14-6-12-25(2)15-16-27)26(3)17-18-28-20-9-7-19(22)8-10-20/h7-10H,4-6,11-18H2,1-3H3,(H,23,24). The molecule has 2 rings (SSSR count). The van der Waals surface area contributed by atoms with Crippen LogP contribution in [0.3, 0.4) is 0 Å². The summed E-state index contributed by atoms with van der Waals surface area (Å²) in [7, 11) is 4.26. The number of benzene rings is 1. The second-order valence-corrected chi connectivity index (χ2v) is 7.75. The molecule has 1 aromatic rings. The normalized spacial score (nSPS) is 16.6. The second-order valence-electron chi connectivity index (χ2n) is 7.31. The van der Waals surface area contributed by atoms with Crippen LogP contribution in [-0.2, 0) is 0 Å². The van der Waals surface area contributed by atoms with Crippen LogP contribution in [-0.4, -0.2) is 93.7 Å². The molecule has 1 N–H and O–H groups in total. The number of guanidine groups is 1. The van der Waals surface area contributed by atoms with Crippen molar-refractivity contribution < 1.29 is 4.74 Å². The van der Waals surface area contributed by atoms with E-state index in [-0.39, 0.29) is 0 Å². The van der Waals surface area contributed by atoms with Crippen molar-refractivity contribution in [2.24, 2.45) is 4.99 Å². The highest BCUT2D eigenvalue weighted by Crippen LogP contribution is 2.15. The first kappa shape index (κ1) is 22.8. The smallest absolute Gasteiger partial charge is 0.193 e. The summed E-state index contributed by atoms with van der Waals surface area (Å²) in [6, 6.07) is 7.47. The molecule has 28 heavy (non-hydrogen) atoms. The van der Waals surface area contributed by atoms with Crippen LogP contribution in [0, 0.1) is 0 Å². The molecule has 0 aromatic heterocycles. The number of rotatable bonds is 9. The van der Waals surface area contributed by atoms with Gasteiger partial charge in [-0.3, -0.25) is 4.99 Å². The predicted octanol–water partition coefficient (Wildman–Crippen LogP) is 2.64. The minimum absolute atomic E-state index is 0.601. The number of ether oxygens (including phenoxy) is 1. The van der Waals surface area contributed by atoms with Crippen LogP contribution in [0.2, 0.25) is 5.02 Å². The molecule has 1 saturated heterocycles. The van der Waals surface area contributed by atoms with Crippen LogP contribution < -0.4 is 10.1 Å². The SMILES string of the molecule is CCNC(=NCCCN1CCCN(C)CC1)N(C)CCOc1ccc(Cl)cc1. The summed E-state index contributed by atoms with van der Waals surface area (Å²) in [5.41, 5.74) is 0. The molecule has 0 spiro atoms. The monoisotopic (exact) mass is 409 g/mol. The van der Waals surface area contributed by atoms with Crippen LogP contribution in [0.15, 0.2) is 29.3 Å². The Balaban J connectivity index is 1.71. The van der Waals surface area contributed by atoms with Crippen LogP contribution in [0.5, 0.6) is 5.75 Å². The summed E-state index contributed by atoms with van der Waals surface area (Å²) < 4.78 is 5.79. The Kier molecular flexibility index (Phi) is 10.5. The molecule has 0 aliphatic carbocycles. The fraction of sp³-hybridized carbons (Fsp3) is 0.667. The Labute approximate surface area is 175 Å². The van der Waals surface area contributed by atoms with Gasteiger partial charge in [0.05, 0.1) is 6.54 Å². The highest BCUT2D eigenvalue weighted by Gasteiger charge is 2.11. The largest absolute Gasteiger partial charge is 0.492 e. The number of hydrogen-bond donors (Lipinski definition) is 1. The molecule has 0 bridgehead atoms. The molecule has 0 radical (unpaired) electrons. The summed E-state index contributed by atoms with van der Waals surface area (Å²) in [6.07, 6.45) is 2.35. The Bertz CT molecular complexity index is 581. The summed E-state index contributed by atoms with van der Waals surface area (Å²) in [4.78, 5) is 11.9. The van der Waals surface area contributed by atoms with Gasteiger partial charge in [-0.25, -0.2) is 0 Å². The van der Waals surface area contributed by atoms with E-state index in [1.807, 2.05) is 24.3 Å². The zero-order chi connectivity index (χ0) is 20.2. The first-order valence-electron chi connectivity index (χ1n) is 10.4. The van der Waals surface area contributed by atoms with E-state index in [0.29, 0.717) is 6.61 Å². The zero-order valence-corrected chi connectivity index (χ0v) is 18.4. The van der Waals surface area contributed by atoms with E-state index in [9.17, 15) is 0 Å². The van der Waals surface area contributed by atoms with Gasteiger partial charge in [0.15, 0.2) is 5.96 Å². The molecule has 6 nitrogen and oxygen atoms in total. The Morgan fingerprint density at radius 2 is 2.00 bits per heavy atom. The van der Waals surface area contributed by atoms with Crippen LogP contribution >= 0.6 is 11.6 Å². The highest BCUT2D eigenvalue weighted by atomic mass is 35.5. The summed E-state index contributed by atoms with van der Waals surface area (Å²) in [6.45, 7) is 11.1. The Morgan fingerprint density at radius 3 is 2.75 bits per heavy atom. The van der Waals surface area contributed by atoms with E-state index < -0.39 is 0 Å². The lowest BCUT2D eigenvalue weighted by molar-refractivity contribution is 0.274. The van der Waals surface area contributed by atoms with Gasteiger partial charge in [-0.15, -0.1) is 0 Å². The van der Waals surface area contributed by atoms with Gasteiger partial charge in [0.2, 0.25) is 0 Å². The van der Waals surface area contributed by atoms with Crippen molar-refractivity contribution in [2.75, 3.05) is 73.1 Å². The van der Waals surface area contributed by atoms with E-state index in [0.717, 1.165) is 49.3 Å². The molecule has 0 amide bonds. The van der Waals surface area contributed by atoms with Gasteiger partial charge in [0.25, 0.3) is 0 Å². The lowest BCUT2D eigenvalue weighted by Crippen LogP contribution is -2.41. The van der Waals surface area contributed by atoms with E-state index in [4.69, 9.17) is 21.3 Å². The van der Waals surface area contributed by atoms with Crippen molar-refractivity contribution in [3.8, 4) is 5.75 Å². The summed E-state index contributed by atoms with van der Waals surface area (Å²) in [5, 5.41) is 4.10. The van der Waals surface area contributed by atoms with Crippen molar-refractivity contribution >= 4 is 17.6 Å². The van der Waals surface area contributed by atoms with Crippen LogP contribution in [0.1, 0.15) is 19.8 Å². The minimum Gasteiger partial charge on any atom is -0.492 e. The molecule has 1 fully saturated rings. The van der Waals surface area contributed by atoms with Crippen molar-refractivity contribution in [1.29, 1.82) is 0 Å². The maximum atomic E-state index is 5.90. The fourth-order valence-corrected chi connectivity index (χ4v) is 3.34. The minimum atomic E-state index is 0.601. The van der Waals surface area contributed by atoms with Gasteiger partial charge in [0, 0.05) is 38.2 Å². The first-order chi connectivity index (χ1) is 13.6. The second kappa shape index (κ2) is 12.9. The molecule has 0 atom stereocenters. The first-order valence-corrected chi connectivity index (χ1v) is 10.7. The van der Waals surface area contributed by atoms with Crippen molar-refractivity contribution in [1.82, 2.24) is 20.0 Å². The molecule has 1 heterocycles. The number of nitrogens with zero attached hydrogens (tertiary/aromatic N) is 4. The summed E-state index contributed by atoms with van der Waals surface area (Å²) in [5.74, 6) is 1.78. The maximum Gasteiger partial charge on any atom is 0.193 e. The highest BCUT2D eigenvalue weighted by molar-refractivity contribution is 6.30. The lowest BCUT2D eigenvalue weighted by Gasteiger charge is -2.23. The van der Waals surface area contributed by atoms with Gasteiger partial charge in [-0.1, -0.05) is 11.6 Å². The quantitative estimate of drug-likeness (QED) is 0.386. The third-order valence-corrected chi connectivity index (χ3v) is 5.16. The van der Waals surface area contributed by atoms with Crippen molar-refractivity contribution in [2.45, 2.75) is 19.8 Å². The number of hydrogen-bond acceptors (Lipinski definition) is 4. The van der Waals surface area contributed by atoms with Gasteiger partial charge in [0.1, 0.15) is 12.4 Å². The number of aliphatic imine (C=N–C) groups is 1. The maximum absolute atomic E-state index is 5.90. The van der Waals surface area contributed by atoms with Crippen LogP contribution in [0.4, 0.5) is 0 Å². The van der Waals surface area contributed by atoms with E-state index >= 15 is 0 Å². The van der Waals surface area contributed by atoms with Gasteiger partial charge < -0.3 is 24.8 Å². The fourth-order valence-electron chi connectivity index (χ4n) is 3.21. The van der Waals surface area contributed by atoms with E-state index in [2.05, 4.69) is 41.0 Å².